The second-order valence-corrected chi connectivity index (χ2v) is 5.72. The van der Waals surface area contributed by atoms with Crippen molar-refractivity contribution in [2.45, 2.75) is 19.8 Å². The van der Waals surface area contributed by atoms with Crippen LogP contribution in [0.3, 0.4) is 0 Å². The summed E-state index contributed by atoms with van der Waals surface area (Å²) in [5.74, 6) is -1.50. The Kier molecular flexibility index (Phi) is 4.49. The van der Waals surface area contributed by atoms with E-state index in [0.717, 1.165) is 6.42 Å². The highest BCUT2D eigenvalue weighted by molar-refractivity contribution is 6.31. The molecule has 0 aliphatic heterocycles. The lowest BCUT2D eigenvalue weighted by Crippen LogP contribution is -2.16. The maximum atomic E-state index is 13.6. The molecule has 124 valence electrons. The number of imidazole rings is 1. The SMILES string of the molecule is CCCc1nc2ccc(F)cn2c1C(=O)Nc1ccc(F)c(Cl)c1. The van der Waals surface area contributed by atoms with Gasteiger partial charge in [-0.25, -0.2) is 13.8 Å². The molecule has 0 saturated carbocycles. The van der Waals surface area contributed by atoms with Crippen LogP contribution in [0.25, 0.3) is 5.65 Å². The Morgan fingerprint density at radius 3 is 2.79 bits per heavy atom. The number of aromatic nitrogens is 2. The minimum absolute atomic E-state index is 0.0919. The Labute approximate surface area is 142 Å². The van der Waals surface area contributed by atoms with Gasteiger partial charge in [0.15, 0.2) is 0 Å². The molecule has 0 radical (unpaired) electrons. The number of nitrogens with one attached hydrogen (secondary N) is 1. The normalized spacial score (nSPS) is 11.0. The zero-order chi connectivity index (χ0) is 17.3. The predicted molar refractivity (Wildman–Crippen MR) is 88.5 cm³/mol. The van der Waals surface area contributed by atoms with Crippen LogP contribution in [0.15, 0.2) is 36.5 Å². The van der Waals surface area contributed by atoms with Crippen LogP contribution >= 0.6 is 11.6 Å². The second-order valence-electron chi connectivity index (χ2n) is 5.32. The number of halogens is 3. The van der Waals surface area contributed by atoms with E-state index in [1.165, 1.54) is 40.9 Å². The average Bonchev–Trinajstić information content (AvgIpc) is 2.88. The van der Waals surface area contributed by atoms with Crippen LogP contribution in [0, 0.1) is 11.6 Å². The van der Waals surface area contributed by atoms with Gasteiger partial charge in [-0.05, 0) is 36.8 Å². The third kappa shape index (κ3) is 3.10. The maximum Gasteiger partial charge on any atom is 0.274 e. The minimum atomic E-state index is -0.571. The van der Waals surface area contributed by atoms with Gasteiger partial charge in [0.1, 0.15) is 23.0 Å². The molecule has 0 aliphatic rings. The molecular weight excluding hydrogens is 336 g/mol. The summed E-state index contributed by atoms with van der Waals surface area (Å²) >= 11 is 5.73. The summed E-state index contributed by atoms with van der Waals surface area (Å²) in [6.07, 6.45) is 2.58. The number of rotatable bonds is 4. The van der Waals surface area contributed by atoms with Crippen LogP contribution in [0.5, 0.6) is 0 Å². The minimum Gasteiger partial charge on any atom is -0.321 e. The monoisotopic (exact) mass is 349 g/mol. The maximum absolute atomic E-state index is 13.6. The summed E-state index contributed by atoms with van der Waals surface area (Å²) in [5.41, 5.74) is 1.67. The molecule has 2 heterocycles. The van der Waals surface area contributed by atoms with E-state index in [1.54, 1.807) is 0 Å². The topological polar surface area (TPSA) is 46.4 Å². The van der Waals surface area contributed by atoms with E-state index in [9.17, 15) is 13.6 Å². The lowest BCUT2D eigenvalue weighted by molar-refractivity contribution is 0.102. The van der Waals surface area contributed by atoms with Gasteiger partial charge in [-0.15, -0.1) is 0 Å². The average molecular weight is 350 g/mol. The van der Waals surface area contributed by atoms with Crippen LogP contribution in [0.1, 0.15) is 29.5 Å². The number of hydrogen-bond donors (Lipinski definition) is 1. The fraction of sp³-hybridized carbons (Fsp3) is 0.176. The lowest BCUT2D eigenvalue weighted by atomic mass is 10.2. The first kappa shape index (κ1) is 16.4. The standard InChI is InChI=1S/C17H14ClF2N3O/c1-2-3-14-16(23-9-10(19)4-7-15(23)22-14)17(24)21-11-5-6-13(20)12(18)8-11/h4-9H,2-3H2,1H3,(H,21,24). The number of carbonyl (C=O) groups excluding carboxylic acids is 1. The second kappa shape index (κ2) is 6.57. The molecule has 0 bridgehead atoms. The number of carbonyl (C=O) groups is 1. The van der Waals surface area contributed by atoms with Crippen molar-refractivity contribution in [1.82, 2.24) is 9.38 Å². The predicted octanol–water partition coefficient (Wildman–Crippen LogP) is 4.47. The Morgan fingerprint density at radius 1 is 1.29 bits per heavy atom. The van der Waals surface area contributed by atoms with Crippen LogP contribution in [-0.4, -0.2) is 15.3 Å². The van der Waals surface area contributed by atoms with Crippen molar-refractivity contribution in [3.05, 3.63) is 64.6 Å². The summed E-state index contributed by atoms with van der Waals surface area (Å²) < 4.78 is 28.2. The largest absolute Gasteiger partial charge is 0.321 e. The van der Waals surface area contributed by atoms with Gasteiger partial charge in [-0.3, -0.25) is 9.20 Å². The molecular formula is C17H14ClF2N3O. The molecule has 0 fully saturated rings. The van der Waals surface area contributed by atoms with Gasteiger partial charge in [0.25, 0.3) is 5.91 Å². The van der Waals surface area contributed by atoms with Crippen LogP contribution in [0.2, 0.25) is 5.02 Å². The third-order valence-electron chi connectivity index (χ3n) is 3.53. The molecule has 1 N–H and O–H groups in total. The van der Waals surface area contributed by atoms with Gasteiger partial charge in [-0.1, -0.05) is 24.9 Å². The summed E-state index contributed by atoms with van der Waals surface area (Å²) in [6, 6.07) is 6.69. The van der Waals surface area contributed by atoms with E-state index in [2.05, 4.69) is 10.3 Å². The highest BCUT2D eigenvalue weighted by Crippen LogP contribution is 2.21. The van der Waals surface area contributed by atoms with E-state index in [4.69, 9.17) is 11.6 Å². The van der Waals surface area contributed by atoms with Crippen molar-refractivity contribution in [2.75, 3.05) is 5.32 Å². The number of nitrogens with zero attached hydrogens (tertiary/aromatic N) is 2. The molecule has 7 heteroatoms. The molecule has 0 saturated heterocycles. The number of benzene rings is 1. The van der Waals surface area contributed by atoms with Crippen LogP contribution < -0.4 is 5.32 Å². The van der Waals surface area contributed by atoms with E-state index in [0.29, 0.717) is 23.4 Å². The van der Waals surface area contributed by atoms with Crippen LogP contribution in [-0.2, 0) is 6.42 Å². The number of pyridine rings is 1. The van der Waals surface area contributed by atoms with Gasteiger partial charge in [0, 0.05) is 11.9 Å². The fourth-order valence-corrected chi connectivity index (χ4v) is 2.66. The molecule has 1 aromatic carbocycles. The zero-order valence-corrected chi connectivity index (χ0v) is 13.6. The molecule has 0 atom stereocenters. The van der Waals surface area contributed by atoms with Crippen molar-refractivity contribution in [3.63, 3.8) is 0 Å². The Bertz CT molecular complexity index is 924. The number of fused-ring (bicyclic) bond motifs is 1. The van der Waals surface area contributed by atoms with Crippen molar-refractivity contribution in [2.24, 2.45) is 0 Å². The Balaban J connectivity index is 2.02. The van der Waals surface area contributed by atoms with E-state index >= 15 is 0 Å². The fourth-order valence-electron chi connectivity index (χ4n) is 2.48. The number of amides is 1. The van der Waals surface area contributed by atoms with Gasteiger partial charge in [0.2, 0.25) is 0 Å². The number of hydrogen-bond acceptors (Lipinski definition) is 2. The van der Waals surface area contributed by atoms with E-state index in [1.807, 2.05) is 6.92 Å². The van der Waals surface area contributed by atoms with Gasteiger partial charge in [0.05, 0.1) is 10.7 Å². The first-order valence-electron chi connectivity index (χ1n) is 7.42. The van der Waals surface area contributed by atoms with E-state index in [-0.39, 0.29) is 10.7 Å². The number of anilines is 1. The lowest BCUT2D eigenvalue weighted by Gasteiger charge is -2.08. The van der Waals surface area contributed by atoms with Crippen molar-refractivity contribution >= 4 is 28.8 Å². The molecule has 4 nitrogen and oxygen atoms in total. The first-order chi connectivity index (χ1) is 11.5. The third-order valence-corrected chi connectivity index (χ3v) is 3.82. The molecule has 0 spiro atoms. The summed E-state index contributed by atoms with van der Waals surface area (Å²) in [5, 5.41) is 2.56. The molecule has 24 heavy (non-hydrogen) atoms. The van der Waals surface area contributed by atoms with Crippen molar-refractivity contribution < 1.29 is 13.6 Å². The Morgan fingerprint density at radius 2 is 2.08 bits per heavy atom. The van der Waals surface area contributed by atoms with Crippen molar-refractivity contribution in [3.8, 4) is 0 Å². The van der Waals surface area contributed by atoms with E-state index < -0.39 is 17.5 Å². The molecule has 3 aromatic rings. The summed E-state index contributed by atoms with van der Waals surface area (Å²) in [4.78, 5) is 17.0. The highest BCUT2D eigenvalue weighted by Gasteiger charge is 2.19. The van der Waals surface area contributed by atoms with Gasteiger partial charge in [-0.2, -0.15) is 0 Å². The smallest absolute Gasteiger partial charge is 0.274 e. The highest BCUT2D eigenvalue weighted by atomic mass is 35.5. The first-order valence-corrected chi connectivity index (χ1v) is 7.80. The molecule has 3 rings (SSSR count). The summed E-state index contributed by atoms with van der Waals surface area (Å²) in [6.45, 7) is 1.96. The molecule has 0 aliphatic carbocycles. The quantitative estimate of drug-likeness (QED) is 0.755. The number of aryl methyl sites for hydroxylation is 1. The zero-order valence-electron chi connectivity index (χ0n) is 12.8. The summed E-state index contributed by atoms with van der Waals surface area (Å²) in [7, 11) is 0. The molecule has 0 unspecified atom stereocenters. The molecule has 1 amide bonds. The van der Waals surface area contributed by atoms with Crippen molar-refractivity contribution in [1.29, 1.82) is 0 Å². The van der Waals surface area contributed by atoms with Gasteiger partial charge < -0.3 is 5.32 Å². The molecule has 2 aromatic heterocycles. The Hall–Kier alpha value is -2.47. The van der Waals surface area contributed by atoms with Gasteiger partial charge >= 0.3 is 0 Å². The van der Waals surface area contributed by atoms with Crippen LogP contribution in [0.4, 0.5) is 14.5 Å².